The fourth-order valence-electron chi connectivity index (χ4n) is 2.10. The van der Waals surface area contributed by atoms with Crippen molar-refractivity contribution in [2.75, 3.05) is 0 Å². The molecule has 112 valence electrons. The van der Waals surface area contributed by atoms with E-state index < -0.39 is 15.8 Å². The molecule has 0 saturated carbocycles. The van der Waals surface area contributed by atoms with E-state index in [1.165, 1.54) is 18.2 Å². The molecule has 1 atom stereocenters. The standard InChI is InChI=1S/C16H18FNO2S/c1-3-15(13-10-8-12(2)9-11-13)18-21(19,20)16-7-5-4-6-14(16)17/h4-11,15,18H,3H2,1-2H3/t15-/m1/s1. The van der Waals surface area contributed by atoms with Gasteiger partial charge >= 0.3 is 0 Å². The van der Waals surface area contributed by atoms with Gasteiger partial charge in [0.25, 0.3) is 0 Å². The molecular weight excluding hydrogens is 289 g/mol. The SMILES string of the molecule is CC[C@@H](NS(=O)(=O)c1ccccc1F)c1ccc(C)cc1. The van der Waals surface area contributed by atoms with Crippen LogP contribution in [0.25, 0.3) is 0 Å². The lowest BCUT2D eigenvalue weighted by Gasteiger charge is -2.18. The van der Waals surface area contributed by atoms with Gasteiger partial charge in [-0.05, 0) is 31.0 Å². The predicted molar refractivity (Wildman–Crippen MR) is 80.9 cm³/mol. The summed E-state index contributed by atoms with van der Waals surface area (Å²) in [6.07, 6.45) is 0.580. The van der Waals surface area contributed by atoms with Crippen LogP contribution in [0.15, 0.2) is 53.4 Å². The van der Waals surface area contributed by atoms with Crippen LogP contribution >= 0.6 is 0 Å². The van der Waals surface area contributed by atoms with E-state index in [4.69, 9.17) is 0 Å². The molecule has 0 aliphatic rings. The first-order valence-corrected chi connectivity index (χ1v) is 8.26. The first-order chi connectivity index (χ1) is 9.94. The van der Waals surface area contributed by atoms with Gasteiger partial charge in [0.2, 0.25) is 10.0 Å². The number of sulfonamides is 1. The van der Waals surface area contributed by atoms with Crippen LogP contribution in [0.4, 0.5) is 4.39 Å². The van der Waals surface area contributed by atoms with Crippen molar-refractivity contribution in [2.24, 2.45) is 0 Å². The largest absolute Gasteiger partial charge is 0.244 e. The van der Waals surface area contributed by atoms with Gasteiger partial charge in [-0.25, -0.2) is 17.5 Å². The highest BCUT2D eigenvalue weighted by molar-refractivity contribution is 7.89. The Hall–Kier alpha value is -1.72. The molecule has 2 rings (SSSR count). The van der Waals surface area contributed by atoms with Crippen LogP contribution in [0.3, 0.4) is 0 Å². The number of nitrogens with one attached hydrogen (secondary N) is 1. The second kappa shape index (κ2) is 6.37. The highest BCUT2D eigenvalue weighted by atomic mass is 32.2. The van der Waals surface area contributed by atoms with Crippen LogP contribution in [-0.2, 0) is 10.0 Å². The lowest BCUT2D eigenvalue weighted by molar-refractivity contribution is 0.535. The molecule has 21 heavy (non-hydrogen) atoms. The molecule has 0 bridgehead atoms. The summed E-state index contributed by atoms with van der Waals surface area (Å²) in [6.45, 7) is 3.85. The average molecular weight is 307 g/mol. The first-order valence-electron chi connectivity index (χ1n) is 6.77. The third-order valence-corrected chi connectivity index (χ3v) is 4.82. The molecular formula is C16H18FNO2S. The number of aryl methyl sites for hydroxylation is 1. The highest BCUT2D eigenvalue weighted by Crippen LogP contribution is 2.21. The van der Waals surface area contributed by atoms with E-state index in [0.29, 0.717) is 6.42 Å². The Morgan fingerprint density at radius 3 is 2.29 bits per heavy atom. The van der Waals surface area contributed by atoms with E-state index in [-0.39, 0.29) is 10.9 Å². The molecule has 3 nitrogen and oxygen atoms in total. The van der Waals surface area contributed by atoms with Gasteiger partial charge in [-0.3, -0.25) is 0 Å². The molecule has 0 aromatic heterocycles. The van der Waals surface area contributed by atoms with Gasteiger partial charge in [0, 0.05) is 6.04 Å². The Bertz CT molecular complexity index is 711. The minimum absolute atomic E-state index is 0.324. The summed E-state index contributed by atoms with van der Waals surface area (Å²) >= 11 is 0. The van der Waals surface area contributed by atoms with Gasteiger partial charge in [-0.1, -0.05) is 48.9 Å². The van der Waals surface area contributed by atoms with E-state index in [2.05, 4.69) is 4.72 Å². The van der Waals surface area contributed by atoms with Gasteiger partial charge in [0.1, 0.15) is 10.7 Å². The van der Waals surface area contributed by atoms with E-state index >= 15 is 0 Å². The molecule has 0 spiro atoms. The predicted octanol–water partition coefficient (Wildman–Crippen LogP) is 3.56. The second-order valence-electron chi connectivity index (χ2n) is 4.92. The second-order valence-corrected chi connectivity index (χ2v) is 6.61. The lowest BCUT2D eigenvalue weighted by atomic mass is 10.0. The molecule has 0 radical (unpaired) electrons. The molecule has 0 unspecified atom stereocenters. The van der Waals surface area contributed by atoms with Crippen LogP contribution in [0, 0.1) is 12.7 Å². The zero-order valence-corrected chi connectivity index (χ0v) is 12.8. The summed E-state index contributed by atoms with van der Waals surface area (Å²) in [5, 5.41) is 0. The third kappa shape index (κ3) is 3.68. The maximum absolute atomic E-state index is 13.7. The Balaban J connectivity index is 2.30. The van der Waals surface area contributed by atoms with E-state index in [0.717, 1.165) is 17.2 Å². The molecule has 0 aliphatic carbocycles. The summed E-state index contributed by atoms with van der Waals surface area (Å²) in [6, 6.07) is 12.6. The minimum Gasteiger partial charge on any atom is -0.207 e. The summed E-state index contributed by atoms with van der Waals surface area (Å²) < 4.78 is 40.9. The lowest BCUT2D eigenvalue weighted by Crippen LogP contribution is -2.29. The van der Waals surface area contributed by atoms with Gasteiger partial charge in [0.05, 0.1) is 0 Å². The zero-order valence-electron chi connectivity index (χ0n) is 12.0. The van der Waals surface area contributed by atoms with Crippen LogP contribution in [-0.4, -0.2) is 8.42 Å². The average Bonchev–Trinajstić information content (AvgIpc) is 2.46. The Kier molecular flexibility index (Phi) is 4.75. The topological polar surface area (TPSA) is 46.2 Å². The molecule has 0 heterocycles. The number of benzene rings is 2. The van der Waals surface area contributed by atoms with Crippen molar-refractivity contribution in [3.8, 4) is 0 Å². The summed E-state index contributed by atoms with van der Waals surface area (Å²) in [7, 11) is -3.89. The minimum atomic E-state index is -3.89. The summed E-state index contributed by atoms with van der Waals surface area (Å²) in [5.41, 5.74) is 1.97. The van der Waals surface area contributed by atoms with Crippen molar-refractivity contribution in [3.63, 3.8) is 0 Å². The zero-order chi connectivity index (χ0) is 15.5. The van der Waals surface area contributed by atoms with Crippen molar-refractivity contribution >= 4 is 10.0 Å². The first kappa shape index (κ1) is 15.7. The van der Waals surface area contributed by atoms with Crippen LogP contribution in [0.2, 0.25) is 0 Å². The number of hydrogen-bond acceptors (Lipinski definition) is 2. The maximum Gasteiger partial charge on any atom is 0.244 e. The van der Waals surface area contributed by atoms with Crippen molar-refractivity contribution in [1.82, 2.24) is 4.72 Å². The van der Waals surface area contributed by atoms with E-state index in [1.54, 1.807) is 0 Å². The van der Waals surface area contributed by atoms with Gasteiger partial charge in [-0.2, -0.15) is 0 Å². The van der Waals surface area contributed by atoms with Crippen molar-refractivity contribution in [1.29, 1.82) is 0 Å². The van der Waals surface area contributed by atoms with Crippen LogP contribution in [0.5, 0.6) is 0 Å². The van der Waals surface area contributed by atoms with E-state index in [9.17, 15) is 12.8 Å². The van der Waals surface area contributed by atoms with Crippen molar-refractivity contribution in [3.05, 3.63) is 65.5 Å². The van der Waals surface area contributed by atoms with Gasteiger partial charge < -0.3 is 0 Å². The molecule has 2 aromatic carbocycles. The molecule has 0 amide bonds. The Morgan fingerprint density at radius 2 is 1.71 bits per heavy atom. The molecule has 1 N–H and O–H groups in total. The monoisotopic (exact) mass is 307 g/mol. The number of rotatable bonds is 5. The maximum atomic E-state index is 13.7. The summed E-state index contributed by atoms with van der Waals surface area (Å²) in [5.74, 6) is -0.747. The Morgan fingerprint density at radius 1 is 1.10 bits per heavy atom. The van der Waals surface area contributed by atoms with E-state index in [1.807, 2.05) is 38.1 Å². The van der Waals surface area contributed by atoms with Crippen molar-refractivity contribution in [2.45, 2.75) is 31.2 Å². The fraction of sp³-hybridized carbons (Fsp3) is 0.250. The number of hydrogen-bond donors (Lipinski definition) is 1. The van der Waals surface area contributed by atoms with Gasteiger partial charge in [0.15, 0.2) is 0 Å². The molecule has 5 heteroatoms. The fourth-order valence-corrected chi connectivity index (χ4v) is 3.49. The molecule has 0 saturated heterocycles. The third-order valence-electron chi connectivity index (χ3n) is 3.31. The van der Waals surface area contributed by atoms with Crippen molar-refractivity contribution < 1.29 is 12.8 Å². The Labute approximate surface area is 124 Å². The quantitative estimate of drug-likeness (QED) is 0.918. The summed E-state index contributed by atoms with van der Waals surface area (Å²) in [4.78, 5) is -0.324. The highest BCUT2D eigenvalue weighted by Gasteiger charge is 2.22. The molecule has 2 aromatic rings. The van der Waals surface area contributed by atoms with Gasteiger partial charge in [-0.15, -0.1) is 0 Å². The number of halogens is 1. The van der Waals surface area contributed by atoms with Crippen LogP contribution < -0.4 is 4.72 Å². The molecule has 0 aliphatic heterocycles. The molecule has 0 fully saturated rings. The normalized spacial score (nSPS) is 13.1. The smallest absolute Gasteiger partial charge is 0.207 e. The van der Waals surface area contributed by atoms with Crippen LogP contribution in [0.1, 0.15) is 30.5 Å².